The van der Waals surface area contributed by atoms with Gasteiger partial charge in [-0.2, -0.15) is 0 Å². The molecular weight excluding hydrogens is 498 g/mol. The molecule has 0 atom stereocenters. The van der Waals surface area contributed by atoms with E-state index in [1.807, 2.05) is 0 Å². The largest absolute Gasteiger partial charge is 0.352 e. The van der Waals surface area contributed by atoms with Crippen LogP contribution in [0.4, 0.5) is 43.9 Å². The van der Waals surface area contributed by atoms with Crippen LogP contribution < -0.4 is 0 Å². The number of hydrogen-bond donors (Lipinski definition) is 1. The van der Waals surface area contributed by atoms with Crippen LogP contribution in [0.5, 0.6) is 0 Å². The van der Waals surface area contributed by atoms with Crippen LogP contribution in [0.2, 0.25) is 0 Å². The van der Waals surface area contributed by atoms with E-state index in [0.29, 0.717) is 0 Å². The summed E-state index contributed by atoms with van der Waals surface area (Å²) in [4.78, 5) is 18.4. The molecule has 13 heteroatoms. The lowest BCUT2D eigenvalue weighted by molar-refractivity contribution is 0.102. The first-order valence-electron chi connectivity index (χ1n) is 9.19. The lowest BCUT2D eigenvalue weighted by atomic mass is 9.98. The number of aromatic amines is 1. The Morgan fingerprint density at radius 3 is 1.49 bits per heavy atom. The topological polar surface area (TPSA) is 45.2 Å². The molecule has 0 saturated carbocycles. The van der Waals surface area contributed by atoms with Crippen molar-refractivity contribution in [1.82, 2.24) is 4.98 Å². The molecule has 2 heterocycles. The van der Waals surface area contributed by atoms with Crippen molar-refractivity contribution in [2.45, 2.75) is 0 Å². The third-order valence-corrected chi connectivity index (χ3v) is 4.91. The fourth-order valence-corrected chi connectivity index (χ4v) is 3.29. The van der Waals surface area contributed by atoms with E-state index >= 15 is 0 Å². The Morgan fingerprint density at radius 2 is 1.03 bits per heavy atom. The van der Waals surface area contributed by atoms with E-state index in [0.717, 1.165) is 24.4 Å². The highest BCUT2D eigenvalue weighted by Gasteiger charge is 2.33. The molecular formula is C22H6F10N2O. The van der Waals surface area contributed by atoms with Crippen LogP contribution in [-0.2, 0) is 0 Å². The average molecular weight is 504 g/mol. The number of carbonyl (C=O) groups is 1. The van der Waals surface area contributed by atoms with Crippen molar-refractivity contribution < 1.29 is 48.7 Å². The molecule has 3 nitrogen and oxygen atoms in total. The zero-order valence-corrected chi connectivity index (χ0v) is 16.5. The second kappa shape index (κ2) is 8.56. The van der Waals surface area contributed by atoms with E-state index in [1.54, 1.807) is 0 Å². The van der Waals surface area contributed by atoms with E-state index in [4.69, 9.17) is 0 Å². The second-order valence-electron chi connectivity index (χ2n) is 6.90. The number of ketones is 1. The summed E-state index contributed by atoms with van der Waals surface area (Å²) in [6, 6.07) is 1.59. The van der Waals surface area contributed by atoms with Gasteiger partial charge in [0.1, 0.15) is 5.56 Å². The monoisotopic (exact) mass is 504 g/mol. The molecule has 0 saturated heterocycles. The maximum Gasteiger partial charge on any atom is 0.215 e. The Balaban J connectivity index is 1.92. The van der Waals surface area contributed by atoms with Gasteiger partial charge >= 0.3 is 0 Å². The van der Waals surface area contributed by atoms with Gasteiger partial charge < -0.3 is 4.98 Å². The van der Waals surface area contributed by atoms with Crippen molar-refractivity contribution >= 4 is 17.6 Å². The molecule has 0 aliphatic carbocycles. The molecule has 0 fully saturated rings. The van der Waals surface area contributed by atoms with Gasteiger partial charge in [-0.1, -0.05) is 0 Å². The van der Waals surface area contributed by atoms with Crippen molar-refractivity contribution in [2.75, 3.05) is 0 Å². The minimum absolute atomic E-state index is 0.342. The van der Waals surface area contributed by atoms with E-state index in [2.05, 4.69) is 9.98 Å². The van der Waals surface area contributed by atoms with Gasteiger partial charge in [0.2, 0.25) is 17.4 Å². The highest BCUT2D eigenvalue weighted by Crippen LogP contribution is 2.36. The SMILES string of the molecule is O=C(c1ccc(/C(=C2/C=CC=N2)c2c(F)c(F)c(F)c(F)c2F)[nH]1)c1c(F)c(F)c(F)c(F)c1F. The Bertz CT molecular complexity index is 1450. The molecule has 1 aliphatic heterocycles. The molecule has 4 rings (SSSR count). The highest BCUT2D eigenvalue weighted by molar-refractivity contribution is 6.08. The molecule has 0 amide bonds. The van der Waals surface area contributed by atoms with Crippen LogP contribution in [0.15, 0.2) is 35.0 Å². The van der Waals surface area contributed by atoms with Crippen LogP contribution >= 0.6 is 0 Å². The molecule has 180 valence electrons. The van der Waals surface area contributed by atoms with Crippen LogP contribution in [0.25, 0.3) is 5.57 Å². The molecule has 2 aromatic carbocycles. The number of rotatable bonds is 4. The number of halogens is 10. The van der Waals surface area contributed by atoms with Crippen LogP contribution in [0, 0.1) is 58.2 Å². The predicted molar refractivity (Wildman–Crippen MR) is 100 cm³/mol. The van der Waals surface area contributed by atoms with Crippen molar-refractivity contribution in [3.8, 4) is 0 Å². The fourth-order valence-electron chi connectivity index (χ4n) is 3.29. The number of carbonyl (C=O) groups excluding carboxylic acids is 1. The number of nitrogens with one attached hydrogen (secondary N) is 1. The first-order valence-corrected chi connectivity index (χ1v) is 9.19. The second-order valence-corrected chi connectivity index (χ2v) is 6.90. The van der Waals surface area contributed by atoms with Crippen molar-refractivity contribution in [3.05, 3.63) is 111 Å². The molecule has 0 radical (unpaired) electrons. The van der Waals surface area contributed by atoms with Gasteiger partial charge in [-0.3, -0.25) is 9.79 Å². The van der Waals surface area contributed by atoms with E-state index < -0.39 is 92.0 Å². The standard InChI is InChI=1S/C22H6F10N2O/c23-12-10(13(24)17(28)20(31)16(12)27)9(6-2-1-5-33-6)7-3-4-8(34-7)22(35)11-14(25)18(29)21(32)19(30)15(11)26/h1-5,34H/b9-6+. The first-order chi connectivity index (χ1) is 16.5. The van der Waals surface area contributed by atoms with Gasteiger partial charge in [-0.05, 0) is 24.3 Å². The maximum atomic E-state index is 14.5. The summed E-state index contributed by atoms with van der Waals surface area (Å²) in [5.41, 5.74) is -5.74. The van der Waals surface area contributed by atoms with E-state index in [1.165, 1.54) is 6.08 Å². The normalized spacial score (nSPS) is 14.2. The van der Waals surface area contributed by atoms with Gasteiger partial charge in [0.05, 0.1) is 17.0 Å². The number of nitrogens with zero attached hydrogens (tertiary/aromatic N) is 1. The highest BCUT2D eigenvalue weighted by atomic mass is 19.2. The van der Waals surface area contributed by atoms with Gasteiger partial charge in [0, 0.05) is 17.5 Å². The lowest BCUT2D eigenvalue weighted by Gasteiger charge is -2.13. The molecule has 0 bridgehead atoms. The number of H-pyrrole nitrogens is 1. The van der Waals surface area contributed by atoms with Crippen LogP contribution in [0.1, 0.15) is 27.3 Å². The maximum absolute atomic E-state index is 14.5. The molecule has 0 unspecified atom stereocenters. The zero-order valence-electron chi connectivity index (χ0n) is 16.5. The minimum Gasteiger partial charge on any atom is -0.352 e. The zero-order chi connectivity index (χ0) is 25.8. The number of aromatic nitrogens is 1. The van der Waals surface area contributed by atoms with Gasteiger partial charge in [0.25, 0.3) is 0 Å². The van der Waals surface area contributed by atoms with E-state index in [9.17, 15) is 48.7 Å². The van der Waals surface area contributed by atoms with Gasteiger partial charge in [-0.15, -0.1) is 0 Å². The Labute approximate surface area is 187 Å². The smallest absolute Gasteiger partial charge is 0.215 e. The molecule has 1 aromatic heterocycles. The average Bonchev–Trinajstić information content (AvgIpc) is 3.54. The molecule has 35 heavy (non-hydrogen) atoms. The molecule has 1 aliphatic rings. The minimum atomic E-state index is -2.51. The fraction of sp³-hybridized carbons (Fsp3) is 0. The van der Waals surface area contributed by atoms with Gasteiger partial charge in [0.15, 0.2) is 46.5 Å². The molecule has 0 spiro atoms. The molecule has 1 N–H and O–H groups in total. The van der Waals surface area contributed by atoms with Crippen LogP contribution in [-0.4, -0.2) is 17.0 Å². The first kappa shape index (κ1) is 24.0. The quantitative estimate of drug-likeness (QED) is 0.200. The Hall–Kier alpha value is -4.16. The lowest BCUT2D eigenvalue weighted by Crippen LogP contribution is -2.14. The summed E-state index contributed by atoms with van der Waals surface area (Å²) in [5, 5.41) is 0. The van der Waals surface area contributed by atoms with Crippen LogP contribution in [0.3, 0.4) is 0 Å². The van der Waals surface area contributed by atoms with Crippen molar-refractivity contribution in [2.24, 2.45) is 4.99 Å². The number of hydrogen-bond acceptors (Lipinski definition) is 2. The number of benzene rings is 2. The summed E-state index contributed by atoms with van der Waals surface area (Å²) < 4.78 is 139. The summed E-state index contributed by atoms with van der Waals surface area (Å²) >= 11 is 0. The summed E-state index contributed by atoms with van der Waals surface area (Å²) in [7, 11) is 0. The van der Waals surface area contributed by atoms with Crippen molar-refractivity contribution in [3.63, 3.8) is 0 Å². The van der Waals surface area contributed by atoms with Crippen molar-refractivity contribution in [1.29, 1.82) is 0 Å². The summed E-state index contributed by atoms with van der Waals surface area (Å²) in [6.07, 6.45) is 3.45. The Morgan fingerprint density at radius 1 is 0.600 bits per heavy atom. The summed E-state index contributed by atoms with van der Waals surface area (Å²) in [6.45, 7) is 0. The number of aliphatic imine (C=N–C) groups is 1. The Kier molecular flexibility index (Phi) is 5.87. The van der Waals surface area contributed by atoms with Gasteiger partial charge in [-0.25, -0.2) is 43.9 Å². The molecule has 3 aromatic rings. The third kappa shape index (κ3) is 3.63. The summed E-state index contributed by atoms with van der Waals surface area (Å²) in [5.74, 6) is -25.4. The predicted octanol–water partition coefficient (Wildman–Crippen LogP) is 6.04. The number of allylic oxidation sites excluding steroid dienone is 2. The third-order valence-electron chi connectivity index (χ3n) is 4.91. The van der Waals surface area contributed by atoms with E-state index in [-0.39, 0.29) is 5.70 Å².